The maximum absolute atomic E-state index is 12.1. The molecule has 1 rings (SSSR count). The van der Waals surface area contributed by atoms with Crippen LogP contribution in [0.5, 0.6) is 0 Å². The van der Waals surface area contributed by atoms with Crippen LogP contribution in [0.2, 0.25) is 0 Å². The van der Waals surface area contributed by atoms with Gasteiger partial charge >= 0.3 is 5.97 Å². The molecule has 1 atom stereocenters. The molecule has 0 aliphatic heterocycles. The van der Waals surface area contributed by atoms with Gasteiger partial charge in [0.05, 0.1) is 4.90 Å². The van der Waals surface area contributed by atoms with Crippen LogP contribution in [-0.2, 0) is 14.8 Å². The smallest absolute Gasteiger partial charge is 0.303 e. The van der Waals surface area contributed by atoms with E-state index in [2.05, 4.69) is 4.72 Å². The van der Waals surface area contributed by atoms with E-state index < -0.39 is 16.0 Å². The Labute approximate surface area is 124 Å². The summed E-state index contributed by atoms with van der Waals surface area (Å²) in [6.07, 6.45) is 0.486. The lowest BCUT2D eigenvalue weighted by Gasteiger charge is -2.13. The van der Waals surface area contributed by atoms with E-state index >= 15 is 0 Å². The molecule has 0 bridgehead atoms. The van der Waals surface area contributed by atoms with Crippen molar-refractivity contribution >= 4 is 21.8 Å². The van der Waals surface area contributed by atoms with Gasteiger partial charge < -0.3 is 5.11 Å². The second-order valence-corrected chi connectivity index (χ2v) is 6.57. The second kappa shape index (κ2) is 7.33. The van der Waals surface area contributed by atoms with Crippen molar-refractivity contribution in [1.29, 1.82) is 0 Å². The molecular formula is C14H19NO5S. The molecule has 0 aromatic heterocycles. The molecule has 1 aromatic rings. The predicted octanol–water partition coefficient (Wildman–Crippen LogP) is 1.67. The number of hydrogen-bond donors (Lipinski definition) is 2. The van der Waals surface area contributed by atoms with Gasteiger partial charge in [-0.15, -0.1) is 0 Å². The maximum atomic E-state index is 12.1. The zero-order chi connectivity index (χ0) is 16.0. The molecule has 0 fully saturated rings. The molecule has 1 unspecified atom stereocenters. The second-order valence-electron chi connectivity index (χ2n) is 4.80. The average molecular weight is 313 g/mol. The van der Waals surface area contributed by atoms with Crippen LogP contribution in [0, 0.1) is 5.92 Å². The molecule has 116 valence electrons. The molecule has 0 amide bonds. The van der Waals surface area contributed by atoms with Crippen molar-refractivity contribution < 1.29 is 23.1 Å². The first-order chi connectivity index (χ1) is 9.76. The normalized spacial score (nSPS) is 12.9. The Balaban J connectivity index is 2.76. The SMILES string of the molecule is CCC(CNS(=O)(=O)c1ccc(C(C)=O)cc1)CC(=O)O. The van der Waals surface area contributed by atoms with Crippen molar-refractivity contribution in [3.63, 3.8) is 0 Å². The third-order valence-corrected chi connectivity index (χ3v) is 4.61. The van der Waals surface area contributed by atoms with Gasteiger partial charge in [0, 0.05) is 18.5 Å². The van der Waals surface area contributed by atoms with Crippen molar-refractivity contribution in [3.8, 4) is 0 Å². The minimum atomic E-state index is -3.70. The first-order valence-corrected chi connectivity index (χ1v) is 8.07. The van der Waals surface area contributed by atoms with E-state index in [9.17, 15) is 18.0 Å². The lowest BCUT2D eigenvalue weighted by molar-refractivity contribution is -0.138. The third kappa shape index (κ3) is 5.28. The highest BCUT2D eigenvalue weighted by Gasteiger charge is 2.18. The molecule has 7 heteroatoms. The maximum Gasteiger partial charge on any atom is 0.303 e. The molecule has 0 spiro atoms. The summed E-state index contributed by atoms with van der Waals surface area (Å²) in [5.41, 5.74) is 0.436. The fourth-order valence-corrected chi connectivity index (χ4v) is 2.90. The van der Waals surface area contributed by atoms with Crippen LogP contribution in [0.15, 0.2) is 29.2 Å². The lowest BCUT2D eigenvalue weighted by atomic mass is 10.0. The summed E-state index contributed by atoms with van der Waals surface area (Å²) in [5, 5.41) is 8.73. The molecule has 2 N–H and O–H groups in total. The zero-order valence-corrected chi connectivity index (χ0v) is 12.8. The van der Waals surface area contributed by atoms with Crippen LogP contribution in [0.1, 0.15) is 37.0 Å². The number of Topliss-reactive ketones (excluding diaryl/α,β-unsaturated/α-hetero) is 1. The Bertz CT molecular complexity index is 607. The van der Waals surface area contributed by atoms with Crippen molar-refractivity contribution in [2.45, 2.75) is 31.6 Å². The zero-order valence-electron chi connectivity index (χ0n) is 12.0. The molecule has 0 saturated carbocycles. The lowest BCUT2D eigenvalue weighted by Crippen LogP contribution is -2.30. The van der Waals surface area contributed by atoms with Gasteiger partial charge in [-0.3, -0.25) is 9.59 Å². The molecule has 0 saturated heterocycles. The van der Waals surface area contributed by atoms with Gasteiger partial charge in [-0.2, -0.15) is 0 Å². The molecule has 0 aliphatic carbocycles. The van der Waals surface area contributed by atoms with Gasteiger partial charge in [0.15, 0.2) is 5.78 Å². The summed E-state index contributed by atoms with van der Waals surface area (Å²) in [5.74, 6) is -1.35. The number of ketones is 1. The number of nitrogens with one attached hydrogen (secondary N) is 1. The Morgan fingerprint density at radius 3 is 2.24 bits per heavy atom. The fraction of sp³-hybridized carbons (Fsp3) is 0.429. The Morgan fingerprint density at radius 2 is 1.81 bits per heavy atom. The van der Waals surface area contributed by atoms with Gasteiger partial charge in [0.25, 0.3) is 0 Å². The van der Waals surface area contributed by atoms with Gasteiger partial charge in [-0.1, -0.05) is 25.5 Å². The third-order valence-electron chi connectivity index (χ3n) is 3.17. The molecule has 6 nitrogen and oxygen atoms in total. The van der Waals surface area contributed by atoms with Crippen LogP contribution < -0.4 is 4.72 Å². The topological polar surface area (TPSA) is 101 Å². The van der Waals surface area contributed by atoms with Crippen molar-refractivity contribution in [3.05, 3.63) is 29.8 Å². The highest BCUT2D eigenvalue weighted by molar-refractivity contribution is 7.89. The van der Waals surface area contributed by atoms with E-state index in [1.807, 2.05) is 6.92 Å². The van der Waals surface area contributed by atoms with Crippen molar-refractivity contribution in [2.75, 3.05) is 6.54 Å². The van der Waals surface area contributed by atoms with Crippen LogP contribution in [-0.4, -0.2) is 31.8 Å². The summed E-state index contributed by atoms with van der Waals surface area (Å²) in [6.45, 7) is 3.28. The number of benzene rings is 1. The minimum absolute atomic E-state index is 0.0534. The number of sulfonamides is 1. The number of carbonyl (C=O) groups excluding carboxylic acids is 1. The predicted molar refractivity (Wildman–Crippen MR) is 77.7 cm³/mol. The van der Waals surface area contributed by atoms with Gasteiger partial charge in [-0.05, 0) is 25.0 Å². The number of carboxylic acids is 1. The highest BCUT2D eigenvalue weighted by Crippen LogP contribution is 2.13. The Morgan fingerprint density at radius 1 is 1.24 bits per heavy atom. The number of aliphatic carboxylic acids is 1. The largest absolute Gasteiger partial charge is 0.481 e. The quantitative estimate of drug-likeness (QED) is 0.711. The molecular weight excluding hydrogens is 294 g/mol. The van der Waals surface area contributed by atoms with E-state index in [-0.39, 0.29) is 29.6 Å². The molecule has 21 heavy (non-hydrogen) atoms. The first-order valence-electron chi connectivity index (χ1n) is 6.58. The van der Waals surface area contributed by atoms with E-state index in [0.29, 0.717) is 12.0 Å². The van der Waals surface area contributed by atoms with Crippen molar-refractivity contribution in [1.82, 2.24) is 4.72 Å². The van der Waals surface area contributed by atoms with E-state index in [1.165, 1.54) is 31.2 Å². The molecule has 0 heterocycles. The summed E-state index contributed by atoms with van der Waals surface area (Å²) >= 11 is 0. The van der Waals surface area contributed by atoms with Crippen LogP contribution in [0.25, 0.3) is 0 Å². The van der Waals surface area contributed by atoms with Gasteiger partial charge in [0.1, 0.15) is 0 Å². The summed E-state index contributed by atoms with van der Waals surface area (Å²) in [6, 6.07) is 5.62. The highest BCUT2D eigenvalue weighted by atomic mass is 32.2. The molecule has 0 radical (unpaired) electrons. The minimum Gasteiger partial charge on any atom is -0.481 e. The summed E-state index contributed by atoms with van der Waals surface area (Å²) in [4.78, 5) is 21.9. The van der Waals surface area contributed by atoms with E-state index in [4.69, 9.17) is 5.11 Å². The average Bonchev–Trinajstić information content (AvgIpc) is 2.43. The van der Waals surface area contributed by atoms with Crippen LogP contribution in [0.3, 0.4) is 0 Å². The molecule has 1 aromatic carbocycles. The summed E-state index contributed by atoms with van der Waals surface area (Å²) < 4.78 is 26.6. The monoisotopic (exact) mass is 313 g/mol. The van der Waals surface area contributed by atoms with Crippen molar-refractivity contribution in [2.24, 2.45) is 5.92 Å². The van der Waals surface area contributed by atoms with Gasteiger partial charge in [0.2, 0.25) is 10.0 Å². The number of carboxylic acid groups (broad SMARTS) is 1. The van der Waals surface area contributed by atoms with Gasteiger partial charge in [-0.25, -0.2) is 13.1 Å². The van der Waals surface area contributed by atoms with E-state index in [0.717, 1.165) is 0 Å². The first kappa shape index (κ1) is 17.3. The molecule has 0 aliphatic rings. The van der Waals surface area contributed by atoms with Crippen LogP contribution in [0.4, 0.5) is 0 Å². The number of carbonyl (C=O) groups is 2. The standard InChI is InChI=1S/C14H19NO5S/c1-3-11(8-14(17)18)9-15-21(19,20)13-6-4-12(5-7-13)10(2)16/h4-7,11,15H,3,8-9H2,1-2H3,(H,17,18). The van der Waals surface area contributed by atoms with Crippen LogP contribution >= 0.6 is 0 Å². The van der Waals surface area contributed by atoms with E-state index in [1.54, 1.807) is 0 Å². The Hall–Kier alpha value is -1.73. The summed E-state index contributed by atoms with van der Waals surface area (Å²) in [7, 11) is -3.70. The fourth-order valence-electron chi connectivity index (χ4n) is 1.79. The number of rotatable bonds is 8. The number of hydrogen-bond acceptors (Lipinski definition) is 4. The Kier molecular flexibility index (Phi) is 6.04.